The number of esters is 1. The Kier molecular flexibility index (Phi) is 4.84. The Labute approximate surface area is 154 Å². The molecule has 0 fully saturated rings. The van der Waals surface area contributed by atoms with Crippen LogP contribution in [0.5, 0.6) is 0 Å². The van der Waals surface area contributed by atoms with E-state index < -0.39 is 5.97 Å². The lowest BCUT2D eigenvalue weighted by atomic mass is 10.1. The fourth-order valence-electron chi connectivity index (χ4n) is 2.66. The van der Waals surface area contributed by atoms with Crippen molar-refractivity contribution in [1.82, 2.24) is 4.40 Å². The minimum absolute atomic E-state index is 0.258. The molecule has 25 heavy (non-hydrogen) atoms. The summed E-state index contributed by atoms with van der Waals surface area (Å²) in [6, 6.07) is 9.91. The lowest BCUT2D eigenvalue weighted by Crippen LogP contribution is -2.06. The summed E-state index contributed by atoms with van der Waals surface area (Å²) < 4.78 is 6.79. The molecule has 0 aliphatic heterocycles. The molecule has 0 atom stereocenters. The van der Waals surface area contributed by atoms with Gasteiger partial charge in [-0.2, -0.15) is 0 Å². The molecule has 0 aliphatic rings. The first-order valence-electron chi connectivity index (χ1n) is 7.71. The van der Waals surface area contributed by atoms with Gasteiger partial charge < -0.3 is 9.14 Å². The van der Waals surface area contributed by atoms with E-state index in [1.807, 2.05) is 13.0 Å². The van der Waals surface area contributed by atoms with Gasteiger partial charge in [-0.05, 0) is 49.7 Å². The first-order chi connectivity index (χ1) is 11.9. The number of aromatic nitrogens is 1. The van der Waals surface area contributed by atoms with Gasteiger partial charge in [-0.1, -0.05) is 29.3 Å². The third-order valence-electron chi connectivity index (χ3n) is 3.82. The lowest BCUT2D eigenvalue weighted by molar-refractivity contribution is 0.0529. The molecule has 128 valence electrons. The zero-order valence-corrected chi connectivity index (χ0v) is 15.2. The van der Waals surface area contributed by atoms with Crippen LogP contribution in [0.4, 0.5) is 0 Å². The van der Waals surface area contributed by atoms with E-state index in [9.17, 15) is 9.59 Å². The van der Waals surface area contributed by atoms with Crippen molar-refractivity contribution in [2.24, 2.45) is 0 Å². The predicted molar refractivity (Wildman–Crippen MR) is 98.0 cm³/mol. The van der Waals surface area contributed by atoms with Crippen molar-refractivity contribution < 1.29 is 14.3 Å². The average molecular weight is 376 g/mol. The molecule has 4 nitrogen and oxygen atoms in total. The number of fused-ring (bicyclic) bond motifs is 1. The molecular weight excluding hydrogens is 361 g/mol. The highest BCUT2D eigenvalue weighted by Gasteiger charge is 2.22. The van der Waals surface area contributed by atoms with E-state index >= 15 is 0 Å². The number of nitrogens with zero attached hydrogens (tertiary/aromatic N) is 1. The van der Waals surface area contributed by atoms with Crippen LogP contribution in [-0.2, 0) is 4.74 Å². The van der Waals surface area contributed by atoms with Gasteiger partial charge in [-0.25, -0.2) is 4.79 Å². The molecule has 0 saturated carbocycles. The Morgan fingerprint density at radius 1 is 1.08 bits per heavy atom. The molecule has 0 unspecified atom stereocenters. The van der Waals surface area contributed by atoms with E-state index in [-0.39, 0.29) is 17.4 Å². The van der Waals surface area contributed by atoms with E-state index in [4.69, 9.17) is 27.9 Å². The summed E-state index contributed by atoms with van der Waals surface area (Å²) in [4.78, 5) is 25.2. The molecule has 0 amide bonds. The maximum Gasteiger partial charge on any atom is 0.340 e. The van der Waals surface area contributed by atoms with Crippen molar-refractivity contribution in [3.63, 3.8) is 0 Å². The standard InChI is InChI=1S/C19H15Cl2NO3/c1-3-25-19(24)14-9-17(22-10-11(2)4-7-16(14)22)18(23)13-6-5-12(20)8-15(13)21/h4-10H,3H2,1-2H3. The van der Waals surface area contributed by atoms with Gasteiger partial charge in [0.1, 0.15) is 0 Å². The van der Waals surface area contributed by atoms with Crippen molar-refractivity contribution in [2.45, 2.75) is 13.8 Å². The predicted octanol–water partition coefficient (Wildman–Crippen LogP) is 4.96. The molecule has 0 saturated heterocycles. The van der Waals surface area contributed by atoms with Gasteiger partial charge in [0.15, 0.2) is 0 Å². The number of rotatable bonds is 4. The van der Waals surface area contributed by atoms with Gasteiger partial charge in [-0.3, -0.25) is 4.79 Å². The van der Waals surface area contributed by atoms with Crippen LogP contribution in [0, 0.1) is 6.92 Å². The number of carbonyl (C=O) groups is 2. The molecule has 0 radical (unpaired) electrons. The topological polar surface area (TPSA) is 47.8 Å². The van der Waals surface area contributed by atoms with E-state index in [0.717, 1.165) is 5.56 Å². The molecule has 2 heterocycles. The molecule has 6 heteroatoms. The molecule has 3 aromatic rings. The van der Waals surface area contributed by atoms with Crippen LogP contribution in [0.25, 0.3) is 5.52 Å². The Morgan fingerprint density at radius 3 is 2.52 bits per heavy atom. The second-order valence-electron chi connectivity index (χ2n) is 5.58. The monoisotopic (exact) mass is 375 g/mol. The first-order valence-corrected chi connectivity index (χ1v) is 8.46. The Morgan fingerprint density at radius 2 is 1.84 bits per heavy atom. The van der Waals surface area contributed by atoms with Gasteiger partial charge in [-0.15, -0.1) is 0 Å². The fraction of sp³-hybridized carbons (Fsp3) is 0.158. The van der Waals surface area contributed by atoms with Crippen molar-refractivity contribution in [2.75, 3.05) is 6.61 Å². The van der Waals surface area contributed by atoms with Crippen LogP contribution in [0.3, 0.4) is 0 Å². The SMILES string of the molecule is CCOC(=O)c1cc(C(=O)c2ccc(Cl)cc2Cl)n2cc(C)ccc12. The van der Waals surface area contributed by atoms with Crippen LogP contribution < -0.4 is 0 Å². The number of hydrogen-bond acceptors (Lipinski definition) is 3. The zero-order valence-electron chi connectivity index (χ0n) is 13.7. The second-order valence-corrected chi connectivity index (χ2v) is 6.42. The van der Waals surface area contributed by atoms with Crippen molar-refractivity contribution in [3.8, 4) is 0 Å². The number of ether oxygens (including phenoxy) is 1. The smallest absolute Gasteiger partial charge is 0.340 e. The zero-order chi connectivity index (χ0) is 18.1. The number of ketones is 1. The highest BCUT2D eigenvalue weighted by atomic mass is 35.5. The minimum atomic E-state index is -0.467. The Balaban J connectivity index is 2.19. The van der Waals surface area contributed by atoms with Crippen LogP contribution in [0.1, 0.15) is 38.9 Å². The summed E-state index contributed by atoms with van der Waals surface area (Å²) in [5.41, 5.74) is 2.57. The summed E-state index contributed by atoms with van der Waals surface area (Å²) in [7, 11) is 0. The lowest BCUT2D eigenvalue weighted by Gasteiger charge is -2.06. The fourth-order valence-corrected chi connectivity index (χ4v) is 3.16. The maximum absolute atomic E-state index is 13.0. The quantitative estimate of drug-likeness (QED) is 0.478. The highest BCUT2D eigenvalue weighted by Crippen LogP contribution is 2.26. The van der Waals surface area contributed by atoms with Crippen molar-refractivity contribution in [3.05, 3.63) is 75.0 Å². The largest absolute Gasteiger partial charge is 0.462 e. The number of carbonyl (C=O) groups excluding carboxylic acids is 2. The number of pyridine rings is 1. The molecule has 1 aromatic carbocycles. The van der Waals surface area contributed by atoms with Crippen LogP contribution >= 0.6 is 23.2 Å². The second kappa shape index (κ2) is 6.90. The van der Waals surface area contributed by atoms with Crippen LogP contribution in [0.15, 0.2) is 42.6 Å². The van der Waals surface area contributed by atoms with Crippen LogP contribution in [-0.4, -0.2) is 22.8 Å². The summed E-state index contributed by atoms with van der Waals surface area (Å²) in [5.74, 6) is -0.761. The Hall–Kier alpha value is -2.30. The number of halogens is 2. The van der Waals surface area contributed by atoms with E-state index in [1.54, 1.807) is 41.8 Å². The maximum atomic E-state index is 13.0. The molecule has 2 aromatic heterocycles. The van der Waals surface area contributed by atoms with Crippen molar-refractivity contribution in [1.29, 1.82) is 0 Å². The van der Waals surface area contributed by atoms with Gasteiger partial charge in [0.05, 0.1) is 28.4 Å². The molecule has 0 N–H and O–H groups in total. The molecule has 0 bridgehead atoms. The highest BCUT2D eigenvalue weighted by molar-refractivity contribution is 6.37. The minimum Gasteiger partial charge on any atom is -0.462 e. The first kappa shape index (κ1) is 17.5. The number of aryl methyl sites for hydroxylation is 1. The van der Waals surface area contributed by atoms with Gasteiger partial charge in [0.25, 0.3) is 0 Å². The van der Waals surface area contributed by atoms with E-state index in [2.05, 4.69) is 0 Å². The van der Waals surface area contributed by atoms with Gasteiger partial charge >= 0.3 is 5.97 Å². The van der Waals surface area contributed by atoms with E-state index in [1.165, 1.54) is 6.07 Å². The van der Waals surface area contributed by atoms with E-state index in [0.29, 0.717) is 27.4 Å². The summed E-state index contributed by atoms with van der Waals surface area (Å²) in [6.07, 6.45) is 1.80. The Bertz CT molecular complexity index is 992. The average Bonchev–Trinajstić information content (AvgIpc) is 2.93. The third-order valence-corrected chi connectivity index (χ3v) is 4.36. The summed E-state index contributed by atoms with van der Waals surface area (Å²) in [6.45, 7) is 3.90. The summed E-state index contributed by atoms with van der Waals surface area (Å²) in [5, 5.41) is 0.711. The van der Waals surface area contributed by atoms with Gasteiger partial charge in [0, 0.05) is 16.8 Å². The van der Waals surface area contributed by atoms with Crippen molar-refractivity contribution >= 4 is 40.5 Å². The summed E-state index contributed by atoms with van der Waals surface area (Å²) >= 11 is 12.1. The number of benzene rings is 1. The van der Waals surface area contributed by atoms with Crippen LogP contribution in [0.2, 0.25) is 10.0 Å². The number of hydrogen-bond donors (Lipinski definition) is 0. The molecule has 0 spiro atoms. The molecule has 3 rings (SSSR count). The van der Waals surface area contributed by atoms with Gasteiger partial charge in [0.2, 0.25) is 5.78 Å². The molecular formula is C19H15Cl2NO3. The molecule has 0 aliphatic carbocycles. The third kappa shape index (κ3) is 3.28. The normalized spacial score (nSPS) is 10.9.